The number of carboxylic acid groups (broad SMARTS) is 1. The third kappa shape index (κ3) is 3.55. The largest absolute Gasteiger partial charge is 0.481 e. The lowest BCUT2D eigenvalue weighted by atomic mass is 9.73. The standard InChI is InChI=1S/C22H29N5O3/c1-16-23-24-17(2)27(16)19-8-12-25(13-9-19)21(30)26-14-10-22(11-15-26,20(28)29)18-6-4-3-5-7-18/h3-7,19H,8-15H2,1-2H3,(H,28,29). The molecular weight excluding hydrogens is 382 g/mol. The van der Waals surface area contributed by atoms with Crippen LogP contribution in [0.1, 0.15) is 48.9 Å². The van der Waals surface area contributed by atoms with Gasteiger partial charge < -0.3 is 19.5 Å². The Bertz CT molecular complexity index is 891. The number of carbonyl (C=O) groups excluding carboxylic acids is 1. The van der Waals surface area contributed by atoms with E-state index in [0.717, 1.165) is 30.1 Å². The molecule has 0 spiro atoms. The number of hydrogen-bond acceptors (Lipinski definition) is 4. The van der Waals surface area contributed by atoms with Gasteiger partial charge in [0.2, 0.25) is 0 Å². The Labute approximate surface area is 176 Å². The van der Waals surface area contributed by atoms with Crippen LogP contribution in [0.25, 0.3) is 0 Å². The second-order valence-electron chi connectivity index (χ2n) is 8.41. The van der Waals surface area contributed by atoms with Crippen molar-refractivity contribution in [3.05, 3.63) is 47.5 Å². The lowest BCUT2D eigenvalue weighted by molar-refractivity contribution is -0.145. The minimum atomic E-state index is -0.908. The molecule has 1 aromatic heterocycles. The molecule has 2 aromatic rings. The number of carbonyl (C=O) groups is 2. The molecule has 2 aliphatic heterocycles. The lowest BCUT2D eigenvalue weighted by Crippen LogP contribution is -2.53. The van der Waals surface area contributed by atoms with E-state index < -0.39 is 11.4 Å². The van der Waals surface area contributed by atoms with Crippen LogP contribution in [0.5, 0.6) is 0 Å². The summed E-state index contributed by atoms with van der Waals surface area (Å²) in [7, 11) is 0. The number of urea groups is 1. The number of benzene rings is 1. The first-order valence-electron chi connectivity index (χ1n) is 10.6. The van der Waals surface area contributed by atoms with E-state index in [9.17, 15) is 14.7 Å². The predicted molar refractivity (Wildman–Crippen MR) is 111 cm³/mol. The summed E-state index contributed by atoms with van der Waals surface area (Å²) in [4.78, 5) is 28.9. The zero-order valence-corrected chi connectivity index (χ0v) is 17.6. The zero-order chi connectivity index (χ0) is 21.3. The summed E-state index contributed by atoms with van der Waals surface area (Å²) in [6.45, 7) is 6.24. The summed E-state index contributed by atoms with van der Waals surface area (Å²) < 4.78 is 2.17. The van der Waals surface area contributed by atoms with Crippen LogP contribution in [-0.4, -0.2) is 67.9 Å². The molecule has 1 aromatic carbocycles. The van der Waals surface area contributed by atoms with E-state index in [2.05, 4.69) is 14.8 Å². The number of rotatable bonds is 3. The van der Waals surface area contributed by atoms with E-state index >= 15 is 0 Å². The van der Waals surface area contributed by atoms with Crippen molar-refractivity contribution in [1.82, 2.24) is 24.6 Å². The first kappa shape index (κ1) is 20.4. The highest BCUT2D eigenvalue weighted by atomic mass is 16.4. The van der Waals surface area contributed by atoms with Gasteiger partial charge in [0, 0.05) is 32.2 Å². The SMILES string of the molecule is Cc1nnc(C)n1C1CCN(C(=O)N2CCC(C(=O)O)(c3ccccc3)CC2)CC1. The summed E-state index contributed by atoms with van der Waals surface area (Å²) in [5, 5.41) is 18.2. The number of carboxylic acids is 1. The highest BCUT2D eigenvalue weighted by molar-refractivity contribution is 5.82. The summed E-state index contributed by atoms with van der Waals surface area (Å²) in [6.07, 6.45) is 2.63. The molecule has 160 valence electrons. The molecule has 0 aliphatic carbocycles. The quantitative estimate of drug-likeness (QED) is 0.839. The molecule has 1 N–H and O–H groups in total. The van der Waals surface area contributed by atoms with E-state index in [0.29, 0.717) is 45.1 Å². The van der Waals surface area contributed by atoms with Gasteiger partial charge in [0.15, 0.2) is 0 Å². The van der Waals surface area contributed by atoms with Crippen molar-refractivity contribution in [2.24, 2.45) is 0 Å². The summed E-state index contributed by atoms with van der Waals surface area (Å²) >= 11 is 0. The number of piperidine rings is 2. The van der Waals surface area contributed by atoms with Crippen LogP contribution in [0.15, 0.2) is 30.3 Å². The fourth-order valence-corrected chi connectivity index (χ4v) is 4.98. The Morgan fingerprint density at radius 3 is 2.00 bits per heavy atom. The minimum absolute atomic E-state index is 0.0256. The molecule has 0 saturated carbocycles. The number of hydrogen-bond donors (Lipinski definition) is 1. The number of aromatic nitrogens is 3. The molecule has 2 amide bonds. The molecule has 30 heavy (non-hydrogen) atoms. The van der Waals surface area contributed by atoms with Crippen LogP contribution in [0.3, 0.4) is 0 Å². The molecule has 0 radical (unpaired) electrons. The Kier molecular flexibility index (Phi) is 5.49. The number of nitrogens with zero attached hydrogens (tertiary/aromatic N) is 5. The maximum Gasteiger partial charge on any atom is 0.320 e. The van der Waals surface area contributed by atoms with Crippen LogP contribution in [-0.2, 0) is 10.2 Å². The fourth-order valence-electron chi connectivity index (χ4n) is 4.98. The second kappa shape index (κ2) is 8.08. The first-order chi connectivity index (χ1) is 14.4. The Morgan fingerprint density at radius 2 is 1.47 bits per heavy atom. The molecular formula is C22H29N5O3. The van der Waals surface area contributed by atoms with Gasteiger partial charge in [-0.2, -0.15) is 0 Å². The van der Waals surface area contributed by atoms with Gasteiger partial charge in [0.05, 0.1) is 5.41 Å². The monoisotopic (exact) mass is 411 g/mol. The molecule has 2 aliphatic rings. The van der Waals surface area contributed by atoms with Crippen LogP contribution in [0, 0.1) is 13.8 Å². The highest BCUT2D eigenvalue weighted by Gasteiger charge is 2.44. The number of amides is 2. The van der Waals surface area contributed by atoms with Crippen LogP contribution >= 0.6 is 0 Å². The molecule has 0 atom stereocenters. The topological polar surface area (TPSA) is 91.6 Å². The van der Waals surface area contributed by atoms with E-state index in [1.165, 1.54) is 0 Å². The normalized spacial score (nSPS) is 19.7. The molecule has 3 heterocycles. The summed E-state index contributed by atoms with van der Waals surface area (Å²) in [6, 6.07) is 9.75. The van der Waals surface area contributed by atoms with Crippen molar-refractivity contribution in [2.75, 3.05) is 26.2 Å². The Balaban J connectivity index is 1.38. The van der Waals surface area contributed by atoms with Crippen LogP contribution < -0.4 is 0 Å². The highest BCUT2D eigenvalue weighted by Crippen LogP contribution is 2.36. The summed E-state index contributed by atoms with van der Waals surface area (Å²) in [5.41, 5.74) is -0.0841. The van der Waals surface area contributed by atoms with Crippen molar-refractivity contribution < 1.29 is 14.7 Å². The molecule has 2 saturated heterocycles. The van der Waals surface area contributed by atoms with E-state index in [1.807, 2.05) is 54.0 Å². The number of likely N-dealkylation sites (tertiary alicyclic amines) is 2. The van der Waals surface area contributed by atoms with Crippen molar-refractivity contribution in [3.63, 3.8) is 0 Å². The molecule has 0 unspecified atom stereocenters. The number of aryl methyl sites for hydroxylation is 2. The zero-order valence-electron chi connectivity index (χ0n) is 17.6. The fraction of sp³-hybridized carbons (Fsp3) is 0.545. The third-order valence-electron chi connectivity index (χ3n) is 6.76. The van der Waals surface area contributed by atoms with Gasteiger partial charge >= 0.3 is 12.0 Å². The van der Waals surface area contributed by atoms with Crippen LogP contribution in [0.2, 0.25) is 0 Å². The lowest BCUT2D eigenvalue weighted by Gasteiger charge is -2.42. The van der Waals surface area contributed by atoms with Gasteiger partial charge in [-0.25, -0.2) is 4.79 Å². The third-order valence-corrected chi connectivity index (χ3v) is 6.76. The molecule has 4 rings (SSSR count). The van der Waals surface area contributed by atoms with Crippen molar-refractivity contribution in [3.8, 4) is 0 Å². The molecule has 2 fully saturated rings. The van der Waals surface area contributed by atoms with Crippen molar-refractivity contribution >= 4 is 12.0 Å². The van der Waals surface area contributed by atoms with E-state index in [1.54, 1.807) is 0 Å². The summed E-state index contributed by atoms with van der Waals surface area (Å²) in [5.74, 6) is 1.03. The average molecular weight is 412 g/mol. The van der Waals surface area contributed by atoms with Gasteiger partial charge in [0.25, 0.3) is 0 Å². The average Bonchev–Trinajstić information content (AvgIpc) is 3.12. The first-order valence-corrected chi connectivity index (χ1v) is 10.6. The molecule has 8 heteroatoms. The van der Waals surface area contributed by atoms with Crippen LogP contribution in [0.4, 0.5) is 4.79 Å². The minimum Gasteiger partial charge on any atom is -0.481 e. The molecule has 0 bridgehead atoms. The van der Waals surface area contributed by atoms with Crippen molar-refractivity contribution in [1.29, 1.82) is 0 Å². The second-order valence-corrected chi connectivity index (χ2v) is 8.41. The maximum atomic E-state index is 13.1. The van der Waals surface area contributed by atoms with Gasteiger partial charge in [-0.1, -0.05) is 30.3 Å². The molecule has 8 nitrogen and oxygen atoms in total. The van der Waals surface area contributed by atoms with E-state index in [4.69, 9.17) is 0 Å². The maximum absolute atomic E-state index is 13.1. The van der Waals surface area contributed by atoms with Crippen molar-refractivity contribution in [2.45, 2.75) is 51.0 Å². The van der Waals surface area contributed by atoms with Gasteiger partial charge in [-0.15, -0.1) is 10.2 Å². The van der Waals surface area contributed by atoms with Gasteiger partial charge in [0.1, 0.15) is 11.6 Å². The smallest absolute Gasteiger partial charge is 0.320 e. The van der Waals surface area contributed by atoms with E-state index in [-0.39, 0.29) is 6.03 Å². The van der Waals surface area contributed by atoms with Gasteiger partial charge in [-0.05, 0) is 45.1 Å². The number of aliphatic carboxylic acids is 1. The van der Waals surface area contributed by atoms with Gasteiger partial charge in [-0.3, -0.25) is 4.79 Å². The predicted octanol–water partition coefficient (Wildman–Crippen LogP) is 2.77. The Hall–Kier alpha value is -2.90. The Morgan fingerprint density at radius 1 is 0.933 bits per heavy atom.